The van der Waals surface area contributed by atoms with Crippen LogP contribution < -0.4 is 0 Å². The topological polar surface area (TPSA) is 87.2 Å². The van der Waals surface area contributed by atoms with Crippen LogP contribution in [0.25, 0.3) is 0 Å². The van der Waals surface area contributed by atoms with Crippen molar-refractivity contribution in [3.8, 4) is 0 Å². The minimum Gasteiger partial charge on any atom is -0.480 e. The summed E-state index contributed by atoms with van der Waals surface area (Å²) in [4.78, 5) is 37.9. The number of nitrogens with zero attached hydrogens (tertiary/aromatic N) is 2. The van der Waals surface area contributed by atoms with Crippen LogP contribution in [0.15, 0.2) is 0 Å². The maximum absolute atomic E-state index is 12.5. The summed E-state index contributed by atoms with van der Waals surface area (Å²) in [5, 5.41) is 8.96. The van der Waals surface area contributed by atoms with Crippen LogP contribution in [0.1, 0.15) is 32.6 Å². The molecule has 0 radical (unpaired) electrons. The van der Waals surface area contributed by atoms with Crippen molar-refractivity contribution in [3.63, 3.8) is 0 Å². The van der Waals surface area contributed by atoms with Crippen molar-refractivity contribution in [1.82, 2.24) is 9.80 Å². The van der Waals surface area contributed by atoms with Gasteiger partial charge in [0.1, 0.15) is 13.1 Å². The fourth-order valence-corrected chi connectivity index (χ4v) is 2.25. The van der Waals surface area contributed by atoms with E-state index in [2.05, 4.69) is 0 Å². The standard InChI is InChI=1S/C14H22N2O5/c1-2-21-13(19)9-16(11-5-6-11)14(20)15(8-12(17)18)7-10-3-4-10/h10-11H,2-9H2,1H3,(H,17,18). The van der Waals surface area contributed by atoms with E-state index in [1.54, 1.807) is 6.92 Å². The van der Waals surface area contributed by atoms with Crippen molar-refractivity contribution in [1.29, 1.82) is 0 Å². The molecular formula is C14H22N2O5. The van der Waals surface area contributed by atoms with Gasteiger partial charge in [0.2, 0.25) is 0 Å². The second-order valence-corrected chi connectivity index (χ2v) is 5.66. The van der Waals surface area contributed by atoms with E-state index in [0.29, 0.717) is 12.5 Å². The number of carbonyl (C=O) groups is 3. The Labute approximate surface area is 123 Å². The number of hydrogen-bond donors (Lipinski definition) is 1. The van der Waals surface area contributed by atoms with Crippen LogP contribution in [0.2, 0.25) is 0 Å². The summed E-state index contributed by atoms with van der Waals surface area (Å²) in [6.07, 6.45) is 3.78. The molecule has 1 N–H and O–H groups in total. The largest absolute Gasteiger partial charge is 0.480 e. The summed E-state index contributed by atoms with van der Waals surface area (Å²) in [6.45, 7) is 2.02. The Bertz CT molecular complexity index is 418. The highest BCUT2D eigenvalue weighted by Crippen LogP contribution is 2.32. The Balaban J connectivity index is 1.99. The van der Waals surface area contributed by atoms with Gasteiger partial charge in [-0.15, -0.1) is 0 Å². The Morgan fingerprint density at radius 3 is 2.29 bits per heavy atom. The van der Waals surface area contributed by atoms with E-state index < -0.39 is 11.9 Å². The molecule has 2 fully saturated rings. The summed E-state index contributed by atoms with van der Waals surface area (Å²) in [5.41, 5.74) is 0. The minimum absolute atomic E-state index is 0.0393. The van der Waals surface area contributed by atoms with Crippen LogP contribution in [0.3, 0.4) is 0 Å². The molecule has 7 heteroatoms. The number of ether oxygens (including phenoxy) is 1. The second-order valence-electron chi connectivity index (χ2n) is 5.66. The third-order valence-electron chi connectivity index (χ3n) is 3.61. The average Bonchev–Trinajstić information content (AvgIpc) is 3.26. The first-order valence-corrected chi connectivity index (χ1v) is 7.44. The van der Waals surface area contributed by atoms with Gasteiger partial charge in [0.15, 0.2) is 0 Å². The molecule has 2 amide bonds. The van der Waals surface area contributed by atoms with Gasteiger partial charge in [-0.25, -0.2) is 4.79 Å². The van der Waals surface area contributed by atoms with E-state index in [0.717, 1.165) is 25.7 Å². The number of rotatable bonds is 8. The van der Waals surface area contributed by atoms with E-state index in [1.807, 2.05) is 0 Å². The number of carbonyl (C=O) groups excluding carboxylic acids is 2. The van der Waals surface area contributed by atoms with Crippen LogP contribution in [0, 0.1) is 5.92 Å². The van der Waals surface area contributed by atoms with E-state index in [-0.39, 0.29) is 31.8 Å². The Hall–Kier alpha value is -1.79. The number of hydrogen-bond acceptors (Lipinski definition) is 4. The van der Waals surface area contributed by atoms with Crippen LogP contribution >= 0.6 is 0 Å². The van der Waals surface area contributed by atoms with Crippen LogP contribution in [-0.2, 0) is 14.3 Å². The van der Waals surface area contributed by atoms with Crippen molar-refractivity contribution in [3.05, 3.63) is 0 Å². The van der Waals surface area contributed by atoms with Gasteiger partial charge in [-0.2, -0.15) is 0 Å². The van der Waals surface area contributed by atoms with Gasteiger partial charge in [0, 0.05) is 12.6 Å². The van der Waals surface area contributed by atoms with Crippen molar-refractivity contribution in [2.24, 2.45) is 5.92 Å². The smallest absolute Gasteiger partial charge is 0.325 e. The fourth-order valence-electron chi connectivity index (χ4n) is 2.25. The molecule has 2 aliphatic carbocycles. The van der Waals surface area contributed by atoms with Crippen molar-refractivity contribution in [2.45, 2.75) is 38.6 Å². The normalized spacial score (nSPS) is 17.2. The minimum atomic E-state index is -1.03. The van der Waals surface area contributed by atoms with Crippen molar-refractivity contribution >= 4 is 18.0 Å². The average molecular weight is 298 g/mol. The van der Waals surface area contributed by atoms with Crippen molar-refractivity contribution in [2.75, 3.05) is 26.2 Å². The third-order valence-corrected chi connectivity index (χ3v) is 3.61. The SMILES string of the molecule is CCOC(=O)CN(C(=O)N(CC(=O)O)CC1CC1)C1CC1. The molecule has 0 aromatic heterocycles. The first kappa shape index (κ1) is 15.6. The maximum atomic E-state index is 12.5. The molecule has 0 heterocycles. The molecule has 7 nitrogen and oxygen atoms in total. The van der Waals surface area contributed by atoms with Gasteiger partial charge >= 0.3 is 18.0 Å². The first-order valence-electron chi connectivity index (χ1n) is 7.44. The Kier molecular flexibility index (Phi) is 5.03. The number of carboxylic acids is 1. The van der Waals surface area contributed by atoms with E-state index in [4.69, 9.17) is 9.84 Å². The highest BCUT2D eigenvalue weighted by molar-refractivity contribution is 5.84. The molecule has 118 valence electrons. The first-order chi connectivity index (χ1) is 10.0. The molecular weight excluding hydrogens is 276 g/mol. The highest BCUT2D eigenvalue weighted by Gasteiger charge is 2.38. The number of esters is 1. The second kappa shape index (κ2) is 6.78. The summed E-state index contributed by atoms with van der Waals surface area (Å²) < 4.78 is 4.89. The molecule has 2 aliphatic rings. The van der Waals surface area contributed by atoms with Gasteiger partial charge in [-0.3, -0.25) is 9.59 Å². The molecule has 0 aliphatic heterocycles. The lowest BCUT2D eigenvalue weighted by Crippen LogP contribution is -2.49. The number of urea groups is 1. The van der Waals surface area contributed by atoms with Gasteiger partial charge < -0.3 is 19.6 Å². The summed E-state index contributed by atoms with van der Waals surface area (Å²) in [5.74, 6) is -1.08. The molecule has 21 heavy (non-hydrogen) atoms. The molecule has 0 saturated heterocycles. The van der Waals surface area contributed by atoms with Gasteiger partial charge in [-0.05, 0) is 38.5 Å². The quantitative estimate of drug-likeness (QED) is 0.674. The predicted octanol–water partition coefficient (Wildman–Crippen LogP) is 0.930. The lowest BCUT2D eigenvalue weighted by Gasteiger charge is -2.29. The molecule has 0 bridgehead atoms. The summed E-state index contributed by atoms with van der Waals surface area (Å²) >= 11 is 0. The third kappa shape index (κ3) is 4.91. The lowest BCUT2D eigenvalue weighted by molar-refractivity contribution is -0.144. The zero-order valence-corrected chi connectivity index (χ0v) is 12.3. The molecule has 2 saturated carbocycles. The predicted molar refractivity (Wildman–Crippen MR) is 73.7 cm³/mol. The fraction of sp³-hybridized carbons (Fsp3) is 0.786. The van der Waals surface area contributed by atoms with Gasteiger partial charge in [0.05, 0.1) is 6.61 Å². The van der Waals surface area contributed by atoms with E-state index >= 15 is 0 Å². The molecule has 0 unspecified atom stereocenters. The molecule has 0 aromatic rings. The van der Waals surface area contributed by atoms with Crippen molar-refractivity contribution < 1.29 is 24.2 Å². The number of carboxylic acid groups (broad SMARTS) is 1. The molecule has 0 aromatic carbocycles. The molecule has 0 atom stereocenters. The number of aliphatic carboxylic acids is 1. The highest BCUT2D eigenvalue weighted by atomic mass is 16.5. The lowest BCUT2D eigenvalue weighted by atomic mass is 10.3. The molecule has 2 rings (SSSR count). The monoisotopic (exact) mass is 298 g/mol. The van der Waals surface area contributed by atoms with E-state index in [9.17, 15) is 14.4 Å². The summed E-state index contributed by atoms with van der Waals surface area (Å²) in [7, 11) is 0. The Morgan fingerprint density at radius 1 is 1.14 bits per heavy atom. The van der Waals surface area contributed by atoms with Gasteiger partial charge in [0.25, 0.3) is 0 Å². The van der Waals surface area contributed by atoms with Crippen LogP contribution in [0.5, 0.6) is 0 Å². The van der Waals surface area contributed by atoms with Gasteiger partial charge in [-0.1, -0.05) is 0 Å². The van der Waals surface area contributed by atoms with Crippen LogP contribution in [-0.4, -0.2) is 65.2 Å². The number of amides is 2. The molecule has 0 spiro atoms. The summed E-state index contributed by atoms with van der Waals surface area (Å²) in [6, 6.07) is -0.322. The van der Waals surface area contributed by atoms with E-state index in [1.165, 1.54) is 9.80 Å². The Morgan fingerprint density at radius 2 is 1.81 bits per heavy atom. The zero-order valence-electron chi connectivity index (χ0n) is 12.3. The van der Waals surface area contributed by atoms with Crippen LogP contribution in [0.4, 0.5) is 4.79 Å². The maximum Gasteiger partial charge on any atom is 0.325 e. The zero-order chi connectivity index (χ0) is 15.4.